The second-order valence-electron chi connectivity index (χ2n) is 4.78. The minimum Gasteiger partial charge on any atom is -0.496 e. The van der Waals surface area contributed by atoms with Gasteiger partial charge >= 0.3 is 0 Å². The van der Waals surface area contributed by atoms with Crippen LogP contribution in [0.5, 0.6) is 5.75 Å². The molecular weight excluding hydrogens is 342 g/mol. The Bertz CT molecular complexity index is 541. The summed E-state index contributed by atoms with van der Waals surface area (Å²) in [5.41, 5.74) is 0. The Labute approximate surface area is 130 Å². The summed E-state index contributed by atoms with van der Waals surface area (Å²) in [5.74, 6) is 0.948. The maximum atomic E-state index is 12.4. The third-order valence-corrected chi connectivity index (χ3v) is 5.71. The average Bonchev–Trinajstić information content (AvgIpc) is 2.39. The summed E-state index contributed by atoms with van der Waals surface area (Å²) in [7, 11) is -1.96. The molecule has 114 valence electrons. The summed E-state index contributed by atoms with van der Waals surface area (Å²) in [6.45, 7) is 6.06. The Morgan fingerprint density at radius 3 is 2.35 bits per heavy atom. The van der Waals surface area contributed by atoms with Crippen LogP contribution in [0.4, 0.5) is 0 Å². The Hall–Kier alpha value is -0.590. The van der Waals surface area contributed by atoms with E-state index in [0.717, 1.165) is 12.8 Å². The van der Waals surface area contributed by atoms with Crippen molar-refractivity contribution in [1.29, 1.82) is 0 Å². The summed E-state index contributed by atoms with van der Waals surface area (Å²) in [6, 6.07) is 4.66. The molecule has 0 spiro atoms. The van der Waals surface area contributed by atoms with Crippen LogP contribution >= 0.6 is 15.9 Å². The first-order chi connectivity index (χ1) is 9.35. The number of hydrogen-bond donors (Lipinski definition) is 1. The third kappa shape index (κ3) is 4.20. The second kappa shape index (κ2) is 7.43. The largest absolute Gasteiger partial charge is 0.496 e. The van der Waals surface area contributed by atoms with Crippen molar-refractivity contribution in [2.75, 3.05) is 7.11 Å². The van der Waals surface area contributed by atoms with Crippen molar-refractivity contribution in [2.24, 2.45) is 5.92 Å². The number of hydrogen-bond acceptors (Lipinski definition) is 3. The van der Waals surface area contributed by atoms with E-state index in [4.69, 9.17) is 4.74 Å². The van der Waals surface area contributed by atoms with Gasteiger partial charge in [-0.3, -0.25) is 0 Å². The van der Waals surface area contributed by atoms with Gasteiger partial charge in [-0.1, -0.05) is 26.7 Å². The minimum atomic E-state index is -3.51. The number of halogens is 1. The molecule has 0 aliphatic carbocycles. The summed E-state index contributed by atoms with van der Waals surface area (Å²) in [5, 5.41) is 0. The van der Waals surface area contributed by atoms with Crippen LogP contribution in [-0.2, 0) is 10.0 Å². The van der Waals surface area contributed by atoms with E-state index in [9.17, 15) is 8.42 Å². The van der Waals surface area contributed by atoms with Gasteiger partial charge in [-0.15, -0.1) is 0 Å². The molecule has 1 atom stereocenters. The monoisotopic (exact) mass is 363 g/mol. The van der Waals surface area contributed by atoms with Crippen molar-refractivity contribution >= 4 is 26.0 Å². The van der Waals surface area contributed by atoms with Crippen LogP contribution in [0.2, 0.25) is 0 Å². The number of benzene rings is 1. The zero-order chi connectivity index (χ0) is 15.3. The fourth-order valence-electron chi connectivity index (χ4n) is 2.22. The number of ether oxygens (including phenoxy) is 1. The van der Waals surface area contributed by atoms with E-state index in [1.807, 2.05) is 6.92 Å². The van der Waals surface area contributed by atoms with E-state index in [1.54, 1.807) is 25.3 Å². The molecule has 0 aromatic heterocycles. The van der Waals surface area contributed by atoms with E-state index >= 15 is 0 Å². The van der Waals surface area contributed by atoms with Crippen molar-refractivity contribution in [1.82, 2.24) is 4.72 Å². The quantitative estimate of drug-likeness (QED) is 0.805. The number of rotatable bonds is 7. The van der Waals surface area contributed by atoms with Crippen molar-refractivity contribution in [2.45, 2.75) is 44.6 Å². The highest BCUT2D eigenvalue weighted by atomic mass is 79.9. The fourth-order valence-corrected chi connectivity index (χ4v) is 4.25. The SMILES string of the molecule is CCC(CC)C(C)NS(=O)(=O)c1ccc(OC)c(Br)c1. The molecule has 1 N–H and O–H groups in total. The molecule has 0 aliphatic rings. The molecule has 1 unspecified atom stereocenters. The first-order valence-corrected chi connectivity index (χ1v) is 8.99. The third-order valence-electron chi connectivity index (χ3n) is 3.53. The van der Waals surface area contributed by atoms with Gasteiger partial charge in [0.25, 0.3) is 0 Å². The normalized spacial score (nSPS) is 13.5. The Balaban J connectivity index is 2.97. The molecule has 0 amide bonds. The molecule has 0 fully saturated rings. The van der Waals surface area contributed by atoms with Crippen molar-refractivity contribution in [3.8, 4) is 5.75 Å². The Morgan fingerprint density at radius 2 is 1.90 bits per heavy atom. The van der Waals surface area contributed by atoms with Gasteiger partial charge in [0.1, 0.15) is 5.75 Å². The van der Waals surface area contributed by atoms with E-state index in [1.165, 1.54) is 0 Å². The second-order valence-corrected chi connectivity index (χ2v) is 7.35. The molecular formula is C14H22BrNO3S. The van der Waals surface area contributed by atoms with Crippen LogP contribution in [0.25, 0.3) is 0 Å². The summed E-state index contributed by atoms with van der Waals surface area (Å²) >= 11 is 3.31. The summed E-state index contributed by atoms with van der Waals surface area (Å²) in [4.78, 5) is 0.239. The number of sulfonamides is 1. The predicted octanol–water partition coefficient (Wildman–Crippen LogP) is 3.56. The predicted molar refractivity (Wildman–Crippen MR) is 84.5 cm³/mol. The molecule has 1 rings (SSSR count). The van der Waals surface area contributed by atoms with E-state index < -0.39 is 10.0 Å². The van der Waals surface area contributed by atoms with Crippen LogP contribution in [0.15, 0.2) is 27.6 Å². The van der Waals surface area contributed by atoms with Gasteiger partial charge in [-0.05, 0) is 47.0 Å². The minimum absolute atomic E-state index is 0.0872. The van der Waals surface area contributed by atoms with Gasteiger partial charge in [0, 0.05) is 6.04 Å². The van der Waals surface area contributed by atoms with E-state index in [0.29, 0.717) is 16.1 Å². The number of methoxy groups -OCH3 is 1. The molecule has 0 saturated carbocycles. The highest BCUT2D eigenvalue weighted by Crippen LogP contribution is 2.27. The Kier molecular flexibility index (Phi) is 6.48. The fraction of sp³-hybridized carbons (Fsp3) is 0.571. The number of nitrogens with one attached hydrogen (secondary N) is 1. The zero-order valence-corrected chi connectivity index (χ0v) is 14.7. The van der Waals surface area contributed by atoms with Gasteiger partial charge in [0.2, 0.25) is 10.0 Å². The Morgan fingerprint density at radius 1 is 1.30 bits per heavy atom. The topological polar surface area (TPSA) is 55.4 Å². The van der Waals surface area contributed by atoms with Crippen molar-refractivity contribution < 1.29 is 13.2 Å². The lowest BCUT2D eigenvalue weighted by molar-refractivity contribution is 0.390. The van der Waals surface area contributed by atoms with Gasteiger partial charge in [0.15, 0.2) is 0 Å². The van der Waals surface area contributed by atoms with Gasteiger partial charge in [-0.25, -0.2) is 13.1 Å². The lowest BCUT2D eigenvalue weighted by atomic mass is 9.96. The van der Waals surface area contributed by atoms with Crippen LogP contribution in [0, 0.1) is 5.92 Å². The first kappa shape index (κ1) is 17.5. The molecule has 0 radical (unpaired) electrons. The molecule has 20 heavy (non-hydrogen) atoms. The van der Waals surface area contributed by atoms with E-state index in [2.05, 4.69) is 34.5 Å². The standard InChI is InChI=1S/C14H22BrNO3S/c1-5-11(6-2)10(3)16-20(17,18)12-7-8-14(19-4)13(15)9-12/h7-11,16H,5-6H2,1-4H3. The van der Waals surface area contributed by atoms with Gasteiger partial charge < -0.3 is 4.74 Å². The molecule has 0 bridgehead atoms. The average molecular weight is 364 g/mol. The molecule has 6 heteroatoms. The van der Waals surface area contributed by atoms with E-state index in [-0.39, 0.29) is 10.9 Å². The molecule has 4 nitrogen and oxygen atoms in total. The lowest BCUT2D eigenvalue weighted by Crippen LogP contribution is -2.37. The molecule has 0 aliphatic heterocycles. The lowest BCUT2D eigenvalue weighted by Gasteiger charge is -2.22. The summed E-state index contributed by atoms with van der Waals surface area (Å²) in [6.07, 6.45) is 1.90. The molecule has 1 aromatic carbocycles. The van der Waals surface area contributed by atoms with Gasteiger partial charge in [0.05, 0.1) is 16.5 Å². The summed E-state index contributed by atoms with van der Waals surface area (Å²) < 4.78 is 33.2. The first-order valence-electron chi connectivity index (χ1n) is 6.71. The highest BCUT2D eigenvalue weighted by Gasteiger charge is 2.22. The van der Waals surface area contributed by atoms with Crippen LogP contribution in [0.3, 0.4) is 0 Å². The van der Waals surface area contributed by atoms with Crippen molar-refractivity contribution in [3.05, 3.63) is 22.7 Å². The molecule has 0 saturated heterocycles. The van der Waals surface area contributed by atoms with Crippen LogP contribution in [-0.4, -0.2) is 21.6 Å². The maximum Gasteiger partial charge on any atom is 0.240 e. The smallest absolute Gasteiger partial charge is 0.240 e. The maximum absolute atomic E-state index is 12.4. The molecule has 0 heterocycles. The van der Waals surface area contributed by atoms with Crippen LogP contribution < -0.4 is 9.46 Å². The van der Waals surface area contributed by atoms with Crippen molar-refractivity contribution in [3.63, 3.8) is 0 Å². The zero-order valence-electron chi connectivity index (χ0n) is 12.3. The van der Waals surface area contributed by atoms with Crippen LogP contribution in [0.1, 0.15) is 33.6 Å². The van der Waals surface area contributed by atoms with Gasteiger partial charge in [-0.2, -0.15) is 0 Å². The molecule has 1 aromatic rings. The highest BCUT2D eigenvalue weighted by molar-refractivity contribution is 9.10.